The van der Waals surface area contributed by atoms with E-state index in [0.29, 0.717) is 0 Å². The molecule has 8 nitrogen and oxygen atoms in total. The number of amides is 3. The molecule has 4 rings (SSSR count). The largest absolute Gasteiger partial charge is 0.459 e. The van der Waals surface area contributed by atoms with Gasteiger partial charge in [-0.1, -0.05) is 18.2 Å². The summed E-state index contributed by atoms with van der Waals surface area (Å²) in [6.07, 6.45) is 1.24. The Kier molecular flexibility index (Phi) is 4.75. The molecule has 1 N–H and O–H groups in total. The van der Waals surface area contributed by atoms with Crippen molar-refractivity contribution in [3.63, 3.8) is 0 Å². The molecule has 0 aliphatic carbocycles. The number of carbonyl (C=O) groups excluding carboxylic acids is 3. The summed E-state index contributed by atoms with van der Waals surface area (Å²) < 4.78 is 30.4. The number of nitrogens with one attached hydrogen (secondary N) is 1. The average Bonchev–Trinajstić information content (AvgIpc) is 3.27. The van der Waals surface area contributed by atoms with Crippen molar-refractivity contribution in [2.75, 3.05) is 12.4 Å². The van der Waals surface area contributed by atoms with E-state index in [4.69, 9.17) is 4.42 Å². The van der Waals surface area contributed by atoms with E-state index in [1.165, 1.54) is 49.7 Å². The fourth-order valence-electron chi connectivity index (χ4n) is 3.19. The standard InChI is InChI=1S/C21H16N2O6S/c1-23-20(25)16-8-7-14(11-17(16)21(23)26)22-19(24)18-13(9-10-29-18)12-30(27,28)15-5-3-2-4-6-15/h2-11H,12H2,1H3,(H,22,24). The Morgan fingerprint density at radius 1 is 1.00 bits per heavy atom. The van der Waals surface area contributed by atoms with Crippen LogP contribution in [0.2, 0.25) is 0 Å². The van der Waals surface area contributed by atoms with E-state index >= 15 is 0 Å². The lowest BCUT2D eigenvalue weighted by Crippen LogP contribution is -2.24. The van der Waals surface area contributed by atoms with Crippen LogP contribution in [0.5, 0.6) is 0 Å². The minimum Gasteiger partial charge on any atom is -0.459 e. The molecule has 0 saturated carbocycles. The molecule has 2 heterocycles. The van der Waals surface area contributed by atoms with Gasteiger partial charge in [0, 0.05) is 18.3 Å². The summed E-state index contributed by atoms with van der Waals surface area (Å²) in [5.74, 6) is -2.08. The zero-order chi connectivity index (χ0) is 21.5. The van der Waals surface area contributed by atoms with Crippen molar-refractivity contribution >= 4 is 33.2 Å². The predicted octanol–water partition coefficient (Wildman–Crippen LogP) is 2.73. The van der Waals surface area contributed by atoms with Crippen LogP contribution >= 0.6 is 0 Å². The van der Waals surface area contributed by atoms with E-state index in [0.717, 1.165) is 4.90 Å². The molecule has 0 atom stereocenters. The smallest absolute Gasteiger partial charge is 0.291 e. The van der Waals surface area contributed by atoms with Crippen LogP contribution in [-0.4, -0.2) is 38.1 Å². The van der Waals surface area contributed by atoms with E-state index < -0.39 is 33.3 Å². The fourth-order valence-corrected chi connectivity index (χ4v) is 4.57. The highest BCUT2D eigenvalue weighted by Crippen LogP contribution is 2.26. The second kappa shape index (κ2) is 7.27. The number of nitrogens with zero attached hydrogens (tertiary/aromatic N) is 1. The van der Waals surface area contributed by atoms with Gasteiger partial charge in [0.2, 0.25) is 0 Å². The van der Waals surface area contributed by atoms with Gasteiger partial charge in [0.15, 0.2) is 15.6 Å². The van der Waals surface area contributed by atoms with Crippen molar-refractivity contribution < 1.29 is 27.2 Å². The topological polar surface area (TPSA) is 114 Å². The Morgan fingerprint density at radius 3 is 2.43 bits per heavy atom. The number of sulfone groups is 1. The lowest BCUT2D eigenvalue weighted by molar-refractivity contribution is 0.0692. The lowest BCUT2D eigenvalue weighted by atomic mass is 10.1. The summed E-state index contributed by atoms with van der Waals surface area (Å²) in [5.41, 5.74) is 0.937. The first kappa shape index (κ1) is 19.6. The minimum atomic E-state index is -3.67. The number of imide groups is 1. The molecule has 1 aliphatic heterocycles. The van der Waals surface area contributed by atoms with E-state index in [2.05, 4.69) is 5.32 Å². The molecule has 0 fully saturated rings. The van der Waals surface area contributed by atoms with Gasteiger partial charge in [-0.2, -0.15) is 0 Å². The molecule has 1 aliphatic rings. The minimum absolute atomic E-state index is 0.142. The SMILES string of the molecule is CN1C(=O)c2ccc(NC(=O)c3occc3CS(=O)(=O)c3ccccc3)cc2C1=O. The predicted molar refractivity (Wildman–Crippen MR) is 107 cm³/mol. The van der Waals surface area contributed by atoms with Crippen LogP contribution in [0.1, 0.15) is 36.8 Å². The molecule has 0 radical (unpaired) electrons. The van der Waals surface area contributed by atoms with Gasteiger partial charge in [-0.25, -0.2) is 8.42 Å². The molecule has 0 bridgehead atoms. The number of benzene rings is 2. The average molecular weight is 424 g/mol. The van der Waals surface area contributed by atoms with Crippen LogP contribution in [0.4, 0.5) is 5.69 Å². The third-order valence-electron chi connectivity index (χ3n) is 4.75. The number of anilines is 1. The van der Waals surface area contributed by atoms with Gasteiger partial charge in [0.05, 0.1) is 28.0 Å². The first-order valence-corrected chi connectivity index (χ1v) is 10.5. The molecular formula is C21H16N2O6S. The Morgan fingerprint density at radius 2 is 1.70 bits per heavy atom. The van der Waals surface area contributed by atoms with Gasteiger partial charge in [-0.3, -0.25) is 19.3 Å². The monoisotopic (exact) mass is 424 g/mol. The van der Waals surface area contributed by atoms with E-state index in [-0.39, 0.29) is 33.0 Å². The van der Waals surface area contributed by atoms with Crippen LogP contribution in [0.3, 0.4) is 0 Å². The Labute approximate surface area is 172 Å². The number of carbonyl (C=O) groups is 3. The molecule has 3 aromatic rings. The zero-order valence-corrected chi connectivity index (χ0v) is 16.6. The summed E-state index contributed by atoms with van der Waals surface area (Å²) in [7, 11) is -2.29. The second-order valence-electron chi connectivity index (χ2n) is 6.73. The number of fused-ring (bicyclic) bond motifs is 1. The molecular weight excluding hydrogens is 408 g/mol. The van der Waals surface area contributed by atoms with Gasteiger partial charge < -0.3 is 9.73 Å². The maximum Gasteiger partial charge on any atom is 0.291 e. The third kappa shape index (κ3) is 3.39. The molecule has 30 heavy (non-hydrogen) atoms. The summed E-state index contributed by atoms with van der Waals surface area (Å²) in [5, 5.41) is 2.58. The quantitative estimate of drug-likeness (QED) is 0.630. The Bertz CT molecular complexity index is 1280. The van der Waals surface area contributed by atoms with Gasteiger partial charge in [0.1, 0.15) is 0 Å². The van der Waals surface area contributed by atoms with E-state index in [9.17, 15) is 22.8 Å². The number of hydrogen-bond acceptors (Lipinski definition) is 6. The highest BCUT2D eigenvalue weighted by Gasteiger charge is 2.33. The number of hydrogen-bond donors (Lipinski definition) is 1. The van der Waals surface area contributed by atoms with E-state index in [1.54, 1.807) is 18.2 Å². The zero-order valence-electron chi connectivity index (χ0n) is 15.8. The van der Waals surface area contributed by atoms with Crippen molar-refractivity contribution in [3.05, 3.63) is 83.3 Å². The molecule has 0 unspecified atom stereocenters. The number of rotatable bonds is 5. The highest BCUT2D eigenvalue weighted by molar-refractivity contribution is 7.90. The Balaban J connectivity index is 1.56. The molecule has 1 aromatic heterocycles. The molecule has 152 valence electrons. The van der Waals surface area contributed by atoms with Gasteiger partial charge in [-0.05, 0) is 36.4 Å². The van der Waals surface area contributed by atoms with Crippen LogP contribution < -0.4 is 5.32 Å². The van der Waals surface area contributed by atoms with Crippen molar-refractivity contribution in [1.29, 1.82) is 0 Å². The fraction of sp³-hybridized carbons (Fsp3) is 0.0952. The summed E-state index contributed by atoms with van der Waals surface area (Å²) in [6, 6.07) is 13.7. The second-order valence-corrected chi connectivity index (χ2v) is 8.72. The van der Waals surface area contributed by atoms with Crippen molar-refractivity contribution in [1.82, 2.24) is 4.90 Å². The third-order valence-corrected chi connectivity index (χ3v) is 6.43. The highest BCUT2D eigenvalue weighted by atomic mass is 32.2. The van der Waals surface area contributed by atoms with Crippen LogP contribution in [0.15, 0.2) is 70.2 Å². The van der Waals surface area contributed by atoms with Gasteiger partial charge in [0.25, 0.3) is 17.7 Å². The molecule has 3 amide bonds. The lowest BCUT2D eigenvalue weighted by Gasteiger charge is -2.07. The van der Waals surface area contributed by atoms with E-state index in [1.807, 2.05) is 0 Å². The van der Waals surface area contributed by atoms with Crippen molar-refractivity contribution in [2.24, 2.45) is 0 Å². The molecule has 0 spiro atoms. The maximum atomic E-state index is 12.7. The van der Waals surface area contributed by atoms with Gasteiger partial charge >= 0.3 is 0 Å². The van der Waals surface area contributed by atoms with Crippen LogP contribution in [0, 0.1) is 0 Å². The molecule has 9 heteroatoms. The first-order valence-electron chi connectivity index (χ1n) is 8.90. The summed E-state index contributed by atoms with van der Waals surface area (Å²) >= 11 is 0. The first-order chi connectivity index (χ1) is 14.3. The molecule has 2 aromatic carbocycles. The van der Waals surface area contributed by atoms with Crippen LogP contribution in [-0.2, 0) is 15.6 Å². The van der Waals surface area contributed by atoms with Crippen molar-refractivity contribution in [2.45, 2.75) is 10.6 Å². The maximum absolute atomic E-state index is 12.7. The summed E-state index contributed by atoms with van der Waals surface area (Å²) in [6.45, 7) is 0. The normalized spacial score (nSPS) is 13.4. The number of furan rings is 1. The Hall–Kier alpha value is -3.72. The van der Waals surface area contributed by atoms with Crippen molar-refractivity contribution in [3.8, 4) is 0 Å². The summed E-state index contributed by atoms with van der Waals surface area (Å²) in [4.78, 5) is 37.9. The van der Waals surface area contributed by atoms with Gasteiger partial charge in [-0.15, -0.1) is 0 Å². The van der Waals surface area contributed by atoms with Crippen LogP contribution in [0.25, 0.3) is 0 Å². The molecule has 0 saturated heterocycles.